The molecule has 0 rings (SSSR count). The van der Waals surface area contributed by atoms with Gasteiger partial charge < -0.3 is 24.8 Å². The van der Waals surface area contributed by atoms with Crippen molar-refractivity contribution >= 4 is 44.4 Å². The van der Waals surface area contributed by atoms with Gasteiger partial charge >= 0.3 is 0 Å². The molecule has 15 heavy (non-hydrogen) atoms. The van der Waals surface area contributed by atoms with E-state index in [0.29, 0.717) is 11.3 Å². The molecular formula is C10H24NPS2Si. The molecule has 0 bridgehead atoms. The number of rotatable bonds is 5. The normalized spacial score (nSPS) is 13.7. The zero-order valence-electron chi connectivity index (χ0n) is 10.9. The largest absolute Gasteiger partial charge is 0.389 e. The Morgan fingerprint density at radius 2 is 1.47 bits per heavy atom. The zero-order chi connectivity index (χ0) is 12.4. The van der Waals surface area contributed by atoms with Gasteiger partial charge in [0, 0.05) is 3.94 Å². The first-order valence-corrected chi connectivity index (χ1v) is 11.7. The minimum atomic E-state index is -1.48. The SMILES string of the molecule is CC(C)[P+](N[Si](C)(C)C)(C(=S)[S-])C(C)C. The van der Waals surface area contributed by atoms with E-state index >= 15 is 0 Å². The first kappa shape index (κ1) is 15.9. The van der Waals surface area contributed by atoms with Crippen LogP contribution < -0.4 is 4.75 Å². The first-order chi connectivity index (χ1) is 6.54. The van der Waals surface area contributed by atoms with E-state index in [4.69, 9.17) is 24.8 Å². The summed E-state index contributed by atoms with van der Waals surface area (Å²) in [7, 11) is -2.81. The maximum atomic E-state index is 5.37. The summed E-state index contributed by atoms with van der Waals surface area (Å²) in [4.78, 5) is 0. The monoisotopic (exact) mass is 281 g/mol. The molecule has 0 aromatic heterocycles. The van der Waals surface area contributed by atoms with Gasteiger partial charge in [-0.25, -0.2) is 4.75 Å². The van der Waals surface area contributed by atoms with E-state index in [1.807, 2.05) is 0 Å². The molecule has 0 aliphatic rings. The second-order valence-electron chi connectivity index (χ2n) is 5.59. The van der Waals surface area contributed by atoms with Crippen LogP contribution in [0.1, 0.15) is 27.7 Å². The van der Waals surface area contributed by atoms with Crippen molar-refractivity contribution in [1.82, 2.24) is 4.75 Å². The van der Waals surface area contributed by atoms with Crippen molar-refractivity contribution < 1.29 is 0 Å². The second-order valence-corrected chi connectivity index (χ2v) is 16.7. The molecule has 1 N–H and O–H groups in total. The van der Waals surface area contributed by atoms with E-state index < -0.39 is 15.6 Å². The average molecular weight is 282 g/mol. The number of hydrogen-bond acceptors (Lipinski definition) is 3. The van der Waals surface area contributed by atoms with Crippen LogP contribution in [0.3, 0.4) is 0 Å². The molecule has 1 nitrogen and oxygen atoms in total. The van der Waals surface area contributed by atoms with Gasteiger partial charge in [0.25, 0.3) is 0 Å². The summed E-state index contributed by atoms with van der Waals surface area (Å²) in [5.74, 6) is 0. The van der Waals surface area contributed by atoms with E-state index in [9.17, 15) is 0 Å². The van der Waals surface area contributed by atoms with E-state index in [2.05, 4.69) is 52.1 Å². The lowest BCUT2D eigenvalue weighted by molar-refractivity contribution is 0.979. The second kappa shape index (κ2) is 5.50. The van der Waals surface area contributed by atoms with E-state index in [1.165, 1.54) is 0 Å². The third-order valence-electron chi connectivity index (χ3n) is 2.45. The van der Waals surface area contributed by atoms with Gasteiger partial charge in [-0.1, -0.05) is 19.6 Å². The lowest BCUT2D eigenvalue weighted by Crippen LogP contribution is -2.47. The van der Waals surface area contributed by atoms with Crippen LogP contribution in [0.4, 0.5) is 0 Å². The molecule has 0 atom stereocenters. The molecule has 0 saturated heterocycles. The van der Waals surface area contributed by atoms with Crippen molar-refractivity contribution in [3.63, 3.8) is 0 Å². The molecule has 90 valence electrons. The molecule has 5 heteroatoms. The van der Waals surface area contributed by atoms with Crippen LogP contribution in [0, 0.1) is 0 Å². The highest BCUT2D eigenvalue weighted by molar-refractivity contribution is 8.24. The molecule has 0 aromatic carbocycles. The van der Waals surface area contributed by atoms with Gasteiger partial charge in [0.1, 0.15) is 0 Å². The minimum Gasteiger partial charge on any atom is -0.389 e. The molecule has 0 aromatic rings. The van der Waals surface area contributed by atoms with Crippen LogP contribution in [0.25, 0.3) is 0 Å². The van der Waals surface area contributed by atoms with Gasteiger partial charge in [0.2, 0.25) is 0 Å². The van der Waals surface area contributed by atoms with Crippen LogP contribution in [0.15, 0.2) is 0 Å². The van der Waals surface area contributed by atoms with Gasteiger partial charge in [0.15, 0.2) is 8.24 Å². The maximum Gasteiger partial charge on any atom is 0.160 e. The molecule has 0 amide bonds. The molecule has 0 saturated carbocycles. The van der Waals surface area contributed by atoms with Crippen LogP contribution in [-0.4, -0.2) is 23.5 Å². The highest BCUT2D eigenvalue weighted by atomic mass is 32.1. The van der Waals surface area contributed by atoms with Crippen molar-refractivity contribution in [1.29, 1.82) is 0 Å². The summed E-state index contributed by atoms with van der Waals surface area (Å²) >= 11 is 10.7. The number of thiocarbonyl (C=S) groups is 1. The summed E-state index contributed by atoms with van der Waals surface area (Å²) in [6.45, 7) is 16.0. The Morgan fingerprint density at radius 3 is 1.53 bits per heavy atom. The van der Waals surface area contributed by atoms with E-state index in [0.717, 1.165) is 3.94 Å². The molecule has 0 spiro atoms. The molecule has 0 aliphatic heterocycles. The zero-order valence-corrected chi connectivity index (χ0v) is 14.4. The molecule has 0 aliphatic carbocycles. The van der Waals surface area contributed by atoms with Gasteiger partial charge in [-0.05, 0) is 27.7 Å². The molecule has 0 unspecified atom stereocenters. The highest BCUT2D eigenvalue weighted by Crippen LogP contribution is 2.64. The topological polar surface area (TPSA) is 12.0 Å². The summed E-state index contributed by atoms with van der Waals surface area (Å²) < 4.78 is 4.67. The fourth-order valence-corrected chi connectivity index (χ4v) is 14.1. The fourth-order valence-electron chi connectivity index (χ4n) is 1.88. The lowest BCUT2D eigenvalue weighted by atomic mass is 10.5. The third-order valence-corrected chi connectivity index (χ3v) is 12.3. The first-order valence-electron chi connectivity index (χ1n) is 5.43. The number of nitrogens with one attached hydrogen (secondary N) is 1. The van der Waals surface area contributed by atoms with Gasteiger partial charge in [-0.2, -0.15) is 0 Å². The van der Waals surface area contributed by atoms with Crippen molar-refractivity contribution in [2.45, 2.75) is 58.7 Å². The number of hydrogen-bond donors (Lipinski definition) is 1. The lowest BCUT2D eigenvalue weighted by Gasteiger charge is -2.41. The van der Waals surface area contributed by atoms with Crippen LogP contribution >= 0.6 is 19.6 Å². The standard InChI is InChI=1S/C10H24NPS2Si/c1-8(2)12(9(3)4,10(13)14)11-15(5,6)7/h8-9,11H,1-7H3. The van der Waals surface area contributed by atoms with Gasteiger partial charge in [-0.15, -0.1) is 0 Å². The van der Waals surface area contributed by atoms with Crippen LogP contribution in [0.2, 0.25) is 19.6 Å². The fraction of sp³-hybridized carbons (Fsp3) is 0.900. The quantitative estimate of drug-likeness (QED) is 0.354. The predicted octanol–water partition coefficient (Wildman–Crippen LogP) is 3.99. The van der Waals surface area contributed by atoms with Crippen molar-refractivity contribution in [2.75, 3.05) is 0 Å². The van der Waals surface area contributed by atoms with E-state index in [1.54, 1.807) is 0 Å². The Bertz CT molecular complexity index is 228. The van der Waals surface area contributed by atoms with Crippen molar-refractivity contribution in [3.8, 4) is 0 Å². The summed E-state index contributed by atoms with van der Waals surface area (Å²) in [5, 5.41) is 0. The predicted molar refractivity (Wildman–Crippen MR) is 83.6 cm³/mol. The Hall–Kier alpha value is 0.917. The third kappa shape index (κ3) is 4.01. The average Bonchev–Trinajstić information content (AvgIpc) is 1.96. The summed E-state index contributed by atoms with van der Waals surface area (Å²) in [6, 6.07) is 0. The van der Waals surface area contributed by atoms with Gasteiger partial charge in [0.05, 0.1) is 18.7 Å². The van der Waals surface area contributed by atoms with Crippen LogP contribution in [0.5, 0.6) is 0 Å². The Labute approximate surface area is 108 Å². The Morgan fingerprint density at radius 1 is 1.13 bits per heavy atom. The van der Waals surface area contributed by atoms with Crippen molar-refractivity contribution in [3.05, 3.63) is 0 Å². The maximum absolute atomic E-state index is 5.37. The molecule has 0 fully saturated rings. The molecular weight excluding hydrogens is 257 g/mol. The smallest absolute Gasteiger partial charge is 0.160 e. The Kier molecular flexibility index (Phi) is 5.84. The highest BCUT2D eigenvalue weighted by Gasteiger charge is 2.46. The van der Waals surface area contributed by atoms with Gasteiger partial charge in [-0.3, -0.25) is 0 Å². The van der Waals surface area contributed by atoms with Crippen LogP contribution in [-0.2, 0) is 12.6 Å². The summed E-state index contributed by atoms with van der Waals surface area (Å²) in [5.41, 5.74) is 1.10. The van der Waals surface area contributed by atoms with E-state index in [-0.39, 0.29) is 0 Å². The minimum absolute atomic E-state index is 0.550. The van der Waals surface area contributed by atoms with Crippen molar-refractivity contribution in [2.24, 2.45) is 0 Å². The molecule has 0 radical (unpaired) electrons. The Balaban J connectivity index is 5.25. The summed E-state index contributed by atoms with van der Waals surface area (Å²) in [6.07, 6.45) is 0. The molecule has 0 heterocycles.